The van der Waals surface area contributed by atoms with Crippen LogP contribution >= 0.6 is 0 Å². The molecule has 0 saturated carbocycles. The van der Waals surface area contributed by atoms with Gasteiger partial charge < -0.3 is 14.6 Å². The van der Waals surface area contributed by atoms with Crippen molar-refractivity contribution in [2.24, 2.45) is 5.92 Å². The molecule has 0 aliphatic heterocycles. The second kappa shape index (κ2) is 31.5. The third kappa shape index (κ3) is 32.8. The normalized spacial score (nSPS) is 12.4. The Morgan fingerprint density at radius 3 is 1.58 bits per heavy atom. The molecule has 1 atom stereocenters. The van der Waals surface area contributed by atoms with Crippen LogP contribution in [0.1, 0.15) is 168 Å². The van der Waals surface area contributed by atoms with Crippen molar-refractivity contribution >= 4 is 17.7 Å². The van der Waals surface area contributed by atoms with Crippen LogP contribution in [0.4, 0.5) is 0 Å². The summed E-state index contributed by atoms with van der Waals surface area (Å²) in [5.41, 5.74) is 0. The van der Waals surface area contributed by atoms with E-state index in [4.69, 9.17) is 9.47 Å². The van der Waals surface area contributed by atoms with Crippen LogP contribution in [-0.2, 0) is 23.9 Å². The lowest BCUT2D eigenvalue weighted by atomic mass is 10.0. The second-order valence-electron chi connectivity index (χ2n) is 12.5. The van der Waals surface area contributed by atoms with Gasteiger partial charge in [-0.3, -0.25) is 14.4 Å². The molecule has 43 heavy (non-hydrogen) atoms. The molecule has 0 bridgehead atoms. The lowest BCUT2D eigenvalue weighted by Crippen LogP contribution is -2.25. The second-order valence-corrected chi connectivity index (χ2v) is 12.5. The van der Waals surface area contributed by atoms with Gasteiger partial charge in [-0.2, -0.15) is 0 Å². The van der Waals surface area contributed by atoms with Crippen LogP contribution in [0, 0.1) is 5.92 Å². The van der Waals surface area contributed by atoms with E-state index in [0.717, 1.165) is 83.0 Å². The number of ketones is 1. The van der Waals surface area contributed by atoms with E-state index in [1.165, 1.54) is 51.4 Å². The molecule has 0 radical (unpaired) electrons. The third-order valence-corrected chi connectivity index (χ3v) is 7.59. The average Bonchev–Trinajstić information content (AvgIpc) is 2.98. The molecule has 0 heterocycles. The Morgan fingerprint density at radius 1 is 0.605 bits per heavy atom. The summed E-state index contributed by atoms with van der Waals surface area (Å²) in [6, 6.07) is 0. The fraction of sp³-hybridized carbons (Fsp3) is 0.811. The third-order valence-electron chi connectivity index (χ3n) is 7.59. The monoisotopic (exact) mass is 606 g/mol. The summed E-state index contributed by atoms with van der Waals surface area (Å²) in [6.07, 6.45) is 30.6. The highest BCUT2D eigenvalue weighted by Gasteiger charge is 2.12. The van der Waals surface area contributed by atoms with Crippen molar-refractivity contribution in [1.29, 1.82) is 0 Å². The summed E-state index contributed by atoms with van der Waals surface area (Å²) in [4.78, 5) is 35.5. The molecule has 0 aromatic rings. The first-order valence-electron chi connectivity index (χ1n) is 17.7. The van der Waals surface area contributed by atoms with Crippen LogP contribution < -0.4 is 0 Å². The van der Waals surface area contributed by atoms with Gasteiger partial charge in [0.05, 0.1) is 0 Å². The van der Waals surface area contributed by atoms with Crippen LogP contribution in [0.2, 0.25) is 0 Å². The fourth-order valence-electron chi connectivity index (χ4n) is 4.84. The summed E-state index contributed by atoms with van der Waals surface area (Å²) < 4.78 is 10.3. The summed E-state index contributed by atoms with van der Waals surface area (Å²) in [6.45, 7) is 6.43. The molecular formula is C37H66O6. The quantitative estimate of drug-likeness (QED) is 0.0366. The maximum atomic E-state index is 11.9. The molecule has 0 rings (SSSR count). The van der Waals surface area contributed by atoms with E-state index in [0.29, 0.717) is 19.3 Å². The molecule has 0 spiro atoms. The molecule has 0 aliphatic carbocycles. The number of hydrogen-bond acceptors (Lipinski definition) is 6. The zero-order chi connectivity index (χ0) is 31.8. The van der Waals surface area contributed by atoms with Crippen molar-refractivity contribution in [3.8, 4) is 0 Å². The predicted octanol–water partition coefficient (Wildman–Crippen LogP) is 9.76. The van der Waals surface area contributed by atoms with E-state index in [-0.39, 0.29) is 30.9 Å². The van der Waals surface area contributed by atoms with Gasteiger partial charge in [0.1, 0.15) is 19.3 Å². The molecule has 0 aromatic carbocycles. The Hall–Kier alpha value is -1.95. The molecule has 6 nitrogen and oxygen atoms in total. The molecule has 0 saturated heterocycles. The number of ether oxygens (including phenoxy) is 2. The molecule has 0 unspecified atom stereocenters. The maximum absolute atomic E-state index is 11.9. The SMILES string of the molecule is CCCCCC(=O)/C=C/C=C\CCCCCCCC(=O)OC[C@H](O)COC(=O)CCCCCCCCCCCCC(C)C. The van der Waals surface area contributed by atoms with E-state index in [9.17, 15) is 19.5 Å². The first-order chi connectivity index (χ1) is 20.8. The van der Waals surface area contributed by atoms with Gasteiger partial charge in [0.15, 0.2) is 5.78 Å². The number of hydrogen-bond donors (Lipinski definition) is 1. The molecule has 1 N–H and O–H groups in total. The van der Waals surface area contributed by atoms with Gasteiger partial charge in [-0.15, -0.1) is 0 Å². The largest absolute Gasteiger partial charge is 0.463 e. The van der Waals surface area contributed by atoms with Gasteiger partial charge in [0, 0.05) is 19.3 Å². The first kappa shape index (κ1) is 41.0. The summed E-state index contributed by atoms with van der Waals surface area (Å²) in [5, 5.41) is 9.97. The van der Waals surface area contributed by atoms with Gasteiger partial charge >= 0.3 is 11.9 Å². The lowest BCUT2D eigenvalue weighted by molar-refractivity contribution is -0.152. The summed E-state index contributed by atoms with van der Waals surface area (Å²) >= 11 is 0. The minimum atomic E-state index is -0.986. The van der Waals surface area contributed by atoms with Crippen molar-refractivity contribution in [2.45, 2.75) is 175 Å². The minimum Gasteiger partial charge on any atom is -0.463 e. The van der Waals surface area contributed by atoms with Crippen molar-refractivity contribution in [3.05, 3.63) is 24.3 Å². The maximum Gasteiger partial charge on any atom is 0.305 e. The molecule has 0 amide bonds. The van der Waals surface area contributed by atoms with E-state index >= 15 is 0 Å². The molecular weight excluding hydrogens is 540 g/mol. The predicted molar refractivity (Wildman–Crippen MR) is 178 cm³/mol. The van der Waals surface area contributed by atoms with Gasteiger partial charge in [-0.05, 0) is 44.1 Å². The lowest BCUT2D eigenvalue weighted by Gasteiger charge is -2.12. The number of aliphatic hydroxyl groups excluding tert-OH is 1. The highest BCUT2D eigenvalue weighted by Crippen LogP contribution is 2.14. The number of rotatable bonds is 31. The molecule has 250 valence electrons. The smallest absolute Gasteiger partial charge is 0.305 e. The van der Waals surface area contributed by atoms with Gasteiger partial charge in [-0.1, -0.05) is 135 Å². The van der Waals surface area contributed by atoms with Crippen LogP contribution in [-0.4, -0.2) is 42.1 Å². The molecule has 0 aromatic heterocycles. The zero-order valence-electron chi connectivity index (χ0n) is 28.1. The molecule has 0 aliphatic rings. The summed E-state index contributed by atoms with van der Waals surface area (Å²) in [5.74, 6) is 0.397. The van der Waals surface area contributed by atoms with E-state index < -0.39 is 6.10 Å². The first-order valence-corrected chi connectivity index (χ1v) is 17.7. The molecule has 0 fully saturated rings. The number of carbonyl (C=O) groups excluding carboxylic acids is 3. The Morgan fingerprint density at radius 2 is 1.07 bits per heavy atom. The topological polar surface area (TPSA) is 89.9 Å². The molecule has 6 heteroatoms. The van der Waals surface area contributed by atoms with Crippen LogP contribution in [0.5, 0.6) is 0 Å². The highest BCUT2D eigenvalue weighted by molar-refractivity contribution is 5.89. The highest BCUT2D eigenvalue weighted by atomic mass is 16.6. The van der Waals surface area contributed by atoms with Crippen molar-refractivity contribution in [2.75, 3.05) is 13.2 Å². The van der Waals surface area contributed by atoms with E-state index in [2.05, 4.69) is 26.8 Å². The number of carbonyl (C=O) groups is 3. The standard InChI is InChI=1S/C37H66O6/c1-4-5-21-27-34(38)28-23-18-14-10-8-12-16-20-25-30-37(41)43-32-35(39)31-42-36(40)29-24-19-15-11-7-6-9-13-17-22-26-33(2)3/h14,18,23,28,33,35,39H,4-13,15-17,19-22,24-27,29-32H2,1-3H3/b18-14-,28-23+/t35-/m1/s1. The number of allylic oxidation sites excluding steroid dienone is 4. The fourth-order valence-corrected chi connectivity index (χ4v) is 4.84. The van der Waals surface area contributed by atoms with Crippen molar-refractivity contribution < 1.29 is 29.0 Å². The summed E-state index contributed by atoms with van der Waals surface area (Å²) in [7, 11) is 0. The van der Waals surface area contributed by atoms with Crippen molar-refractivity contribution in [1.82, 2.24) is 0 Å². The van der Waals surface area contributed by atoms with Gasteiger partial charge in [-0.25, -0.2) is 0 Å². The number of unbranched alkanes of at least 4 members (excludes halogenated alkanes) is 16. The Bertz CT molecular complexity index is 727. The Kier molecular flexibility index (Phi) is 30.0. The van der Waals surface area contributed by atoms with Crippen LogP contribution in [0.25, 0.3) is 0 Å². The van der Waals surface area contributed by atoms with E-state index in [1.807, 2.05) is 12.2 Å². The Labute approximate surface area is 264 Å². The van der Waals surface area contributed by atoms with E-state index in [1.54, 1.807) is 6.08 Å². The average molecular weight is 607 g/mol. The van der Waals surface area contributed by atoms with Gasteiger partial charge in [0.2, 0.25) is 0 Å². The number of esters is 2. The van der Waals surface area contributed by atoms with Crippen LogP contribution in [0.3, 0.4) is 0 Å². The van der Waals surface area contributed by atoms with Crippen molar-refractivity contribution in [3.63, 3.8) is 0 Å². The van der Waals surface area contributed by atoms with Gasteiger partial charge in [0.25, 0.3) is 0 Å². The Balaban J connectivity index is 3.52. The minimum absolute atomic E-state index is 0.136. The zero-order valence-corrected chi connectivity index (χ0v) is 28.1. The van der Waals surface area contributed by atoms with Crippen LogP contribution in [0.15, 0.2) is 24.3 Å². The number of aliphatic hydroxyl groups is 1.